The average molecular weight is 439 g/mol. The number of allylic oxidation sites excluding steroid dienone is 1. The highest BCUT2D eigenvalue weighted by molar-refractivity contribution is 7.98. The maximum Gasteiger partial charge on any atom is 0.335 e. The maximum absolute atomic E-state index is 11.5. The summed E-state index contributed by atoms with van der Waals surface area (Å²) in [7, 11) is 0. The van der Waals surface area contributed by atoms with Crippen molar-refractivity contribution < 1.29 is 9.90 Å². The fourth-order valence-electron chi connectivity index (χ4n) is 3.37. The number of hydrogen-bond donors (Lipinski definition) is 1. The van der Waals surface area contributed by atoms with Crippen molar-refractivity contribution in [2.24, 2.45) is 4.99 Å². The molecule has 0 radical (unpaired) electrons. The molecule has 4 rings (SSSR count). The molecule has 2 aromatic carbocycles. The van der Waals surface area contributed by atoms with E-state index < -0.39 is 5.97 Å². The van der Waals surface area contributed by atoms with Gasteiger partial charge in [-0.1, -0.05) is 60.7 Å². The second-order valence-electron chi connectivity index (χ2n) is 7.16. The molecule has 158 valence electrons. The summed E-state index contributed by atoms with van der Waals surface area (Å²) in [6.45, 7) is 0.414. The van der Waals surface area contributed by atoms with Crippen LogP contribution in [0, 0.1) is 0 Å². The Morgan fingerprint density at radius 2 is 1.84 bits per heavy atom. The van der Waals surface area contributed by atoms with Gasteiger partial charge in [-0.15, -0.1) is 11.8 Å². The second-order valence-corrected chi connectivity index (χ2v) is 8.04. The van der Waals surface area contributed by atoms with Gasteiger partial charge >= 0.3 is 5.97 Å². The topological polar surface area (TPSA) is 62.5 Å². The molecule has 0 bridgehead atoms. The molecule has 1 N–H and O–H groups in total. The van der Waals surface area contributed by atoms with Crippen LogP contribution in [-0.2, 0) is 4.79 Å². The lowest BCUT2D eigenvalue weighted by molar-refractivity contribution is -0.132. The van der Waals surface area contributed by atoms with Gasteiger partial charge in [0, 0.05) is 16.7 Å². The van der Waals surface area contributed by atoms with Gasteiger partial charge < -0.3 is 5.11 Å². The van der Waals surface area contributed by atoms with E-state index in [1.54, 1.807) is 30.0 Å². The normalized spacial score (nSPS) is 13.5. The Bertz CT molecular complexity index is 1240. The highest BCUT2D eigenvalue weighted by Gasteiger charge is 2.13. The van der Waals surface area contributed by atoms with Crippen molar-refractivity contribution in [1.29, 1.82) is 0 Å². The van der Waals surface area contributed by atoms with Crippen LogP contribution in [-0.4, -0.2) is 34.6 Å². The van der Waals surface area contributed by atoms with Crippen LogP contribution in [0.15, 0.2) is 101 Å². The zero-order chi connectivity index (χ0) is 22.3. The minimum absolute atomic E-state index is 0.196. The first kappa shape index (κ1) is 21.5. The van der Waals surface area contributed by atoms with E-state index in [4.69, 9.17) is 0 Å². The third kappa shape index (κ3) is 5.13. The largest absolute Gasteiger partial charge is 0.478 e. The number of nitrogens with zero attached hydrogens (tertiary/aromatic N) is 2. The van der Waals surface area contributed by atoms with Gasteiger partial charge in [-0.25, -0.2) is 4.79 Å². The minimum atomic E-state index is -0.981. The van der Waals surface area contributed by atoms with Gasteiger partial charge in [0.2, 0.25) is 0 Å². The van der Waals surface area contributed by atoms with Gasteiger partial charge in [-0.3, -0.25) is 9.98 Å². The van der Waals surface area contributed by atoms with Gasteiger partial charge in [0.05, 0.1) is 23.5 Å². The smallest absolute Gasteiger partial charge is 0.335 e. The van der Waals surface area contributed by atoms with E-state index in [9.17, 15) is 9.90 Å². The standard InChI is InChI=1S/C27H22N2O2S/c1-32-23-13-10-19(11-14-23)9-12-21-16-26(25-17-22(27(30)31)8-5-15-28-25)29-18-24(21)20-6-3-2-4-7-20/h2-14,16-18H,15H2,1H3,(H,30,31)/b12-9+. The number of carboxylic acid groups (broad SMARTS) is 1. The van der Waals surface area contributed by atoms with E-state index in [1.165, 1.54) is 4.90 Å². The molecule has 0 spiro atoms. The Kier molecular flexibility index (Phi) is 6.78. The highest BCUT2D eigenvalue weighted by Crippen LogP contribution is 2.26. The Morgan fingerprint density at radius 1 is 1.06 bits per heavy atom. The number of thioether (sulfide) groups is 1. The Morgan fingerprint density at radius 3 is 2.56 bits per heavy atom. The molecule has 0 unspecified atom stereocenters. The van der Waals surface area contributed by atoms with Crippen molar-refractivity contribution in [3.05, 3.63) is 107 Å². The predicted octanol–water partition coefficient (Wildman–Crippen LogP) is 6.01. The van der Waals surface area contributed by atoms with Crippen molar-refractivity contribution in [3.8, 4) is 11.1 Å². The predicted molar refractivity (Wildman–Crippen MR) is 133 cm³/mol. The molecule has 0 saturated carbocycles. The lowest BCUT2D eigenvalue weighted by Gasteiger charge is -2.09. The van der Waals surface area contributed by atoms with Crippen molar-refractivity contribution in [1.82, 2.24) is 4.98 Å². The fraction of sp³-hybridized carbons (Fsp3) is 0.0741. The summed E-state index contributed by atoms with van der Waals surface area (Å²) >= 11 is 1.72. The van der Waals surface area contributed by atoms with Gasteiger partial charge in [0.15, 0.2) is 0 Å². The molecule has 0 fully saturated rings. The Hall–Kier alpha value is -3.70. The molecular formula is C27H22N2O2S. The summed E-state index contributed by atoms with van der Waals surface area (Å²) in [4.78, 5) is 21.8. The zero-order valence-electron chi connectivity index (χ0n) is 17.6. The molecule has 1 aromatic heterocycles. The molecule has 32 heavy (non-hydrogen) atoms. The molecule has 0 aliphatic carbocycles. The van der Waals surface area contributed by atoms with Crippen molar-refractivity contribution in [2.45, 2.75) is 4.90 Å². The van der Waals surface area contributed by atoms with E-state index in [0.717, 1.165) is 22.3 Å². The summed E-state index contributed by atoms with van der Waals surface area (Å²) in [6, 6.07) is 20.5. The molecule has 1 aliphatic heterocycles. The number of carboxylic acids is 1. The molecule has 5 heteroatoms. The van der Waals surface area contributed by atoms with Crippen molar-refractivity contribution in [3.63, 3.8) is 0 Å². The van der Waals surface area contributed by atoms with Gasteiger partial charge in [-0.05, 0) is 53.3 Å². The van der Waals surface area contributed by atoms with E-state index in [1.807, 2.05) is 30.5 Å². The molecule has 2 heterocycles. The molecule has 0 atom stereocenters. The molecule has 3 aromatic rings. The summed E-state index contributed by atoms with van der Waals surface area (Å²) in [5.74, 6) is -0.981. The first-order chi connectivity index (χ1) is 15.6. The van der Waals surface area contributed by atoms with Crippen molar-refractivity contribution in [2.75, 3.05) is 12.8 Å². The number of pyridine rings is 1. The van der Waals surface area contributed by atoms with Crippen LogP contribution in [0.1, 0.15) is 16.8 Å². The monoisotopic (exact) mass is 438 g/mol. The summed E-state index contributed by atoms with van der Waals surface area (Å²) < 4.78 is 0. The number of benzene rings is 2. The maximum atomic E-state index is 11.5. The van der Waals surface area contributed by atoms with Crippen molar-refractivity contribution >= 4 is 35.6 Å². The number of aliphatic carboxylic acids is 1. The molecule has 0 amide bonds. The van der Waals surface area contributed by atoms with Gasteiger partial charge in [-0.2, -0.15) is 0 Å². The molecule has 1 aliphatic rings. The quantitative estimate of drug-likeness (QED) is 0.479. The van der Waals surface area contributed by atoms with E-state index in [0.29, 0.717) is 18.0 Å². The Balaban J connectivity index is 1.76. The first-order valence-electron chi connectivity index (χ1n) is 10.2. The molecule has 4 nitrogen and oxygen atoms in total. The van der Waals surface area contributed by atoms with Crippen LogP contribution in [0.25, 0.3) is 23.3 Å². The third-order valence-electron chi connectivity index (χ3n) is 5.06. The van der Waals surface area contributed by atoms with Gasteiger partial charge in [0.25, 0.3) is 0 Å². The number of aliphatic imine (C=N–C) groups is 1. The fourth-order valence-corrected chi connectivity index (χ4v) is 3.78. The Labute approximate surface area is 191 Å². The van der Waals surface area contributed by atoms with E-state index in [2.05, 4.69) is 64.8 Å². The van der Waals surface area contributed by atoms with Crippen LogP contribution >= 0.6 is 11.8 Å². The molecular weight excluding hydrogens is 416 g/mol. The van der Waals surface area contributed by atoms with E-state index in [-0.39, 0.29) is 5.57 Å². The number of rotatable bonds is 6. The zero-order valence-corrected chi connectivity index (χ0v) is 18.4. The third-order valence-corrected chi connectivity index (χ3v) is 5.80. The van der Waals surface area contributed by atoms with Crippen LogP contribution in [0.3, 0.4) is 0 Å². The lowest BCUT2D eigenvalue weighted by Crippen LogP contribution is -2.06. The number of hydrogen-bond acceptors (Lipinski definition) is 4. The van der Waals surface area contributed by atoms with E-state index >= 15 is 0 Å². The van der Waals surface area contributed by atoms with Gasteiger partial charge in [0.1, 0.15) is 0 Å². The first-order valence-corrected chi connectivity index (χ1v) is 11.4. The lowest BCUT2D eigenvalue weighted by atomic mass is 9.99. The molecule has 0 saturated heterocycles. The average Bonchev–Trinajstić information content (AvgIpc) is 3.10. The number of aromatic nitrogens is 1. The minimum Gasteiger partial charge on any atom is -0.478 e. The second kappa shape index (κ2) is 10.1. The SMILES string of the molecule is CSc1ccc(/C=C/c2cc(C3=NCC=CC(C(=O)O)=C3)ncc2-c2ccccc2)cc1. The summed E-state index contributed by atoms with van der Waals surface area (Å²) in [5.41, 5.74) is 5.55. The van der Waals surface area contributed by atoms with Crippen LogP contribution in [0.5, 0.6) is 0 Å². The number of carbonyl (C=O) groups is 1. The highest BCUT2D eigenvalue weighted by atomic mass is 32.2. The van der Waals surface area contributed by atoms with Crippen LogP contribution in [0.2, 0.25) is 0 Å². The summed E-state index contributed by atoms with van der Waals surface area (Å²) in [5, 5.41) is 9.42. The van der Waals surface area contributed by atoms with Crippen LogP contribution < -0.4 is 0 Å². The van der Waals surface area contributed by atoms with Crippen LogP contribution in [0.4, 0.5) is 0 Å². The summed E-state index contributed by atoms with van der Waals surface area (Å²) in [6.07, 6.45) is 12.9.